The molecule has 1 aliphatic rings. The maximum absolute atomic E-state index is 11.8. The minimum atomic E-state index is -2.93. The normalized spacial score (nSPS) is 19.1. The largest absolute Gasteiger partial charge is 0.369 e. The lowest BCUT2D eigenvalue weighted by molar-refractivity contribution is 0.482. The highest BCUT2D eigenvalue weighted by molar-refractivity contribution is 7.91. The van der Waals surface area contributed by atoms with Gasteiger partial charge in [0.15, 0.2) is 9.84 Å². The standard InChI is InChI=1S/C16H26N2O2S/c1-3-7-15-13-18(10-11-21(19,20)4-2)16-9-6-5-8-14(16)12-17-15/h5-6,8-9,15,17H,3-4,7,10-13H2,1-2H3. The maximum Gasteiger partial charge on any atom is 0.151 e. The van der Waals surface area contributed by atoms with Gasteiger partial charge in [-0.05, 0) is 18.1 Å². The summed E-state index contributed by atoms with van der Waals surface area (Å²) in [5.41, 5.74) is 2.43. The fraction of sp³-hybridized carbons (Fsp3) is 0.625. The second kappa shape index (κ2) is 7.27. The molecule has 0 saturated carbocycles. The molecule has 0 fully saturated rings. The Morgan fingerprint density at radius 3 is 2.76 bits per heavy atom. The third kappa shape index (κ3) is 4.45. The first kappa shape index (κ1) is 16.3. The van der Waals surface area contributed by atoms with Crippen LogP contribution in [0.25, 0.3) is 0 Å². The Bertz CT molecular complexity index is 557. The van der Waals surface area contributed by atoms with Gasteiger partial charge < -0.3 is 10.2 Å². The van der Waals surface area contributed by atoms with Gasteiger partial charge in [-0.25, -0.2) is 8.42 Å². The van der Waals surface area contributed by atoms with E-state index < -0.39 is 9.84 Å². The summed E-state index contributed by atoms with van der Waals surface area (Å²) in [5.74, 6) is 0.454. The summed E-state index contributed by atoms with van der Waals surface area (Å²) in [5, 5.41) is 3.59. The smallest absolute Gasteiger partial charge is 0.151 e. The number of hydrogen-bond acceptors (Lipinski definition) is 4. The van der Waals surface area contributed by atoms with E-state index in [4.69, 9.17) is 0 Å². The Hall–Kier alpha value is -1.07. The molecule has 0 radical (unpaired) electrons. The van der Waals surface area contributed by atoms with E-state index in [1.807, 2.05) is 12.1 Å². The van der Waals surface area contributed by atoms with Gasteiger partial charge in [0.25, 0.3) is 0 Å². The third-order valence-corrected chi connectivity index (χ3v) is 5.79. The van der Waals surface area contributed by atoms with Gasteiger partial charge >= 0.3 is 0 Å². The summed E-state index contributed by atoms with van der Waals surface area (Å²) in [6.45, 7) is 6.22. The number of hydrogen-bond donors (Lipinski definition) is 1. The number of rotatable bonds is 6. The van der Waals surface area contributed by atoms with Crippen LogP contribution < -0.4 is 10.2 Å². The number of nitrogens with zero attached hydrogens (tertiary/aromatic N) is 1. The molecular weight excluding hydrogens is 284 g/mol. The molecule has 0 amide bonds. The molecule has 5 heteroatoms. The van der Waals surface area contributed by atoms with Gasteiger partial charge in [0, 0.05) is 37.1 Å². The topological polar surface area (TPSA) is 49.4 Å². The van der Waals surface area contributed by atoms with Crippen LogP contribution in [-0.4, -0.2) is 39.1 Å². The quantitative estimate of drug-likeness (QED) is 0.875. The van der Waals surface area contributed by atoms with E-state index in [2.05, 4.69) is 29.3 Å². The molecular formula is C16H26N2O2S. The van der Waals surface area contributed by atoms with Crippen LogP contribution in [0, 0.1) is 0 Å². The molecule has 0 bridgehead atoms. The van der Waals surface area contributed by atoms with Crippen LogP contribution in [0.15, 0.2) is 24.3 Å². The highest BCUT2D eigenvalue weighted by atomic mass is 32.2. The van der Waals surface area contributed by atoms with Crippen molar-refractivity contribution < 1.29 is 8.42 Å². The molecule has 1 N–H and O–H groups in total. The number of anilines is 1. The predicted octanol–water partition coefficient (Wildman–Crippen LogP) is 2.20. The molecule has 1 unspecified atom stereocenters. The van der Waals surface area contributed by atoms with Gasteiger partial charge in [0.1, 0.15) is 0 Å². The van der Waals surface area contributed by atoms with E-state index >= 15 is 0 Å². The first-order valence-corrected chi connectivity index (χ1v) is 9.64. The molecule has 1 heterocycles. The Morgan fingerprint density at radius 2 is 2.05 bits per heavy atom. The molecule has 1 aromatic carbocycles. The van der Waals surface area contributed by atoms with Crippen molar-refractivity contribution in [2.24, 2.45) is 0 Å². The van der Waals surface area contributed by atoms with Crippen molar-refractivity contribution in [3.63, 3.8) is 0 Å². The SMILES string of the molecule is CCCC1CN(CCS(=O)(=O)CC)c2ccccc2CN1. The van der Waals surface area contributed by atoms with Crippen LogP contribution in [0.5, 0.6) is 0 Å². The summed E-state index contributed by atoms with van der Waals surface area (Å²) in [4.78, 5) is 2.24. The highest BCUT2D eigenvalue weighted by Gasteiger charge is 2.21. The zero-order valence-corrected chi connectivity index (χ0v) is 13.8. The first-order valence-electron chi connectivity index (χ1n) is 7.82. The van der Waals surface area contributed by atoms with Crippen molar-refractivity contribution in [2.45, 2.75) is 39.3 Å². The average molecular weight is 310 g/mol. The van der Waals surface area contributed by atoms with Crippen LogP contribution in [0.4, 0.5) is 5.69 Å². The van der Waals surface area contributed by atoms with Crippen molar-refractivity contribution in [1.29, 1.82) is 0 Å². The lowest BCUT2D eigenvalue weighted by atomic mass is 10.1. The Kier molecular flexibility index (Phi) is 5.65. The Balaban J connectivity index is 2.17. The molecule has 2 rings (SSSR count). The van der Waals surface area contributed by atoms with E-state index in [9.17, 15) is 8.42 Å². The third-order valence-electron chi connectivity index (χ3n) is 4.10. The molecule has 0 aromatic heterocycles. The van der Waals surface area contributed by atoms with E-state index in [0.717, 1.165) is 25.9 Å². The monoisotopic (exact) mass is 310 g/mol. The van der Waals surface area contributed by atoms with Crippen LogP contribution in [-0.2, 0) is 16.4 Å². The minimum absolute atomic E-state index is 0.221. The van der Waals surface area contributed by atoms with Gasteiger partial charge in [0.2, 0.25) is 0 Å². The lowest BCUT2D eigenvalue weighted by Gasteiger charge is -2.27. The van der Waals surface area contributed by atoms with Crippen LogP contribution >= 0.6 is 0 Å². The van der Waals surface area contributed by atoms with Crippen LogP contribution in [0.2, 0.25) is 0 Å². The van der Waals surface area contributed by atoms with Crippen LogP contribution in [0.1, 0.15) is 32.3 Å². The Morgan fingerprint density at radius 1 is 1.29 bits per heavy atom. The van der Waals surface area contributed by atoms with Crippen molar-refractivity contribution in [1.82, 2.24) is 5.32 Å². The summed E-state index contributed by atoms with van der Waals surface area (Å²) >= 11 is 0. The molecule has 21 heavy (non-hydrogen) atoms. The highest BCUT2D eigenvalue weighted by Crippen LogP contribution is 2.24. The van der Waals surface area contributed by atoms with Gasteiger partial charge in [-0.3, -0.25) is 0 Å². The second-order valence-electron chi connectivity index (χ2n) is 5.68. The molecule has 4 nitrogen and oxygen atoms in total. The Labute approximate surface area is 128 Å². The fourth-order valence-corrected chi connectivity index (χ4v) is 3.59. The summed E-state index contributed by atoms with van der Waals surface area (Å²) in [6.07, 6.45) is 2.25. The number of sulfone groups is 1. The summed E-state index contributed by atoms with van der Waals surface area (Å²) in [7, 11) is -2.93. The first-order chi connectivity index (χ1) is 10.1. The van der Waals surface area contributed by atoms with Gasteiger partial charge in [-0.15, -0.1) is 0 Å². The molecule has 0 aliphatic carbocycles. The average Bonchev–Trinajstić information content (AvgIpc) is 2.66. The molecule has 0 spiro atoms. The van der Waals surface area contributed by atoms with Gasteiger partial charge in [0.05, 0.1) is 5.75 Å². The minimum Gasteiger partial charge on any atom is -0.369 e. The number of benzene rings is 1. The van der Waals surface area contributed by atoms with Gasteiger partial charge in [-0.1, -0.05) is 38.5 Å². The van der Waals surface area contributed by atoms with E-state index in [0.29, 0.717) is 12.6 Å². The van der Waals surface area contributed by atoms with Crippen molar-refractivity contribution in [3.8, 4) is 0 Å². The lowest BCUT2D eigenvalue weighted by Crippen LogP contribution is -2.40. The fourth-order valence-electron chi connectivity index (χ4n) is 2.80. The number of fused-ring (bicyclic) bond motifs is 1. The zero-order chi connectivity index (χ0) is 15.3. The molecule has 118 valence electrons. The molecule has 1 aliphatic heterocycles. The van der Waals surface area contributed by atoms with E-state index in [1.54, 1.807) is 6.92 Å². The number of para-hydroxylation sites is 1. The van der Waals surface area contributed by atoms with Crippen LogP contribution in [0.3, 0.4) is 0 Å². The van der Waals surface area contributed by atoms with Crippen molar-refractivity contribution in [3.05, 3.63) is 29.8 Å². The van der Waals surface area contributed by atoms with E-state index in [-0.39, 0.29) is 11.5 Å². The summed E-state index contributed by atoms with van der Waals surface area (Å²) in [6, 6.07) is 8.72. The number of nitrogens with one attached hydrogen (secondary N) is 1. The molecule has 0 saturated heterocycles. The van der Waals surface area contributed by atoms with Crippen molar-refractivity contribution in [2.75, 3.05) is 29.5 Å². The second-order valence-corrected chi connectivity index (χ2v) is 8.15. The molecule has 1 aromatic rings. The molecule has 1 atom stereocenters. The summed E-state index contributed by atoms with van der Waals surface area (Å²) < 4.78 is 23.6. The zero-order valence-electron chi connectivity index (χ0n) is 13.0. The maximum atomic E-state index is 11.8. The van der Waals surface area contributed by atoms with E-state index in [1.165, 1.54) is 11.3 Å². The predicted molar refractivity (Wildman–Crippen MR) is 88.5 cm³/mol. The van der Waals surface area contributed by atoms with Gasteiger partial charge in [-0.2, -0.15) is 0 Å². The van der Waals surface area contributed by atoms with Crippen molar-refractivity contribution >= 4 is 15.5 Å².